The van der Waals surface area contributed by atoms with E-state index in [0.29, 0.717) is 0 Å². The van der Waals surface area contributed by atoms with Crippen molar-refractivity contribution in [1.29, 1.82) is 0 Å². The summed E-state index contributed by atoms with van der Waals surface area (Å²) in [4.78, 5) is 3.88. The van der Waals surface area contributed by atoms with Crippen molar-refractivity contribution < 1.29 is 0 Å². The van der Waals surface area contributed by atoms with Crippen LogP contribution in [0.1, 0.15) is 20.9 Å². The first-order valence-corrected chi connectivity index (χ1v) is 6.25. The second kappa shape index (κ2) is 4.42. The van der Waals surface area contributed by atoms with Crippen molar-refractivity contribution in [1.82, 2.24) is 0 Å². The molecule has 2 rings (SSSR count). The van der Waals surface area contributed by atoms with Crippen LogP contribution in [0.15, 0.2) is 35.2 Å². The molecule has 1 aromatic carbocycles. The molecule has 15 heavy (non-hydrogen) atoms. The molecule has 0 aliphatic rings. The van der Waals surface area contributed by atoms with Crippen LogP contribution >= 0.6 is 24.0 Å². The van der Waals surface area contributed by atoms with Gasteiger partial charge in [-0.05, 0) is 43.2 Å². The van der Waals surface area contributed by atoms with Gasteiger partial charge in [0.05, 0.1) is 0 Å². The standard InChI is InChI=1S/C13H14S2/c1-9-7-11(4-6-13(9)14)8-12-5-3-10(2)15-12/h3-7,14H,8H2,1-2H3. The Balaban J connectivity index is 2.21. The van der Waals surface area contributed by atoms with Crippen LogP contribution in [0.3, 0.4) is 0 Å². The second-order valence-corrected chi connectivity index (χ2v) is 5.66. The third-order valence-electron chi connectivity index (χ3n) is 2.44. The van der Waals surface area contributed by atoms with Gasteiger partial charge in [-0.2, -0.15) is 0 Å². The summed E-state index contributed by atoms with van der Waals surface area (Å²) in [7, 11) is 0. The summed E-state index contributed by atoms with van der Waals surface area (Å²) >= 11 is 6.25. The molecule has 0 atom stereocenters. The zero-order valence-electron chi connectivity index (χ0n) is 8.95. The Kier molecular flexibility index (Phi) is 3.17. The largest absolute Gasteiger partial charge is 0.145 e. The van der Waals surface area contributed by atoms with E-state index in [-0.39, 0.29) is 0 Å². The van der Waals surface area contributed by atoms with Gasteiger partial charge in [0, 0.05) is 21.1 Å². The highest BCUT2D eigenvalue weighted by Crippen LogP contribution is 2.21. The number of rotatable bonds is 2. The minimum absolute atomic E-state index is 1.04. The Bertz CT molecular complexity index is 469. The summed E-state index contributed by atoms with van der Waals surface area (Å²) < 4.78 is 0. The second-order valence-electron chi connectivity index (χ2n) is 3.81. The number of thiol groups is 1. The summed E-state index contributed by atoms with van der Waals surface area (Å²) in [6.07, 6.45) is 1.04. The maximum Gasteiger partial charge on any atom is 0.00918 e. The fraction of sp³-hybridized carbons (Fsp3) is 0.231. The predicted molar refractivity (Wildman–Crippen MR) is 70.3 cm³/mol. The molecule has 0 aliphatic carbocycles. The van der Waals surface area contributed by atoms with Gasteiger partial charge in [-0.1, -0.05) is 12.1 Å². The average molecular weight is 234 g/mol. The van der Waals surface area contributed by atoms with Crippen LogP contribution in [0.4, 0.5) is 0 Å². The monoisotopic (exact) mass is 234 g/mol. The molecule has 0 saturated carbocycles. The van der Waals surface area contributed by atoms with E-state index < -0.39 is 0 Å². The zero-order chi connectivity index (χ0) is 10.8. The topological polar surface area (TPSA) is 0 Å². The summed E-state index contributed by atoms with van der Waals surface area (Å²) in [6, 6.07) is 10.8. The number of aryl methyl sites for hydroxylation is 2. The molecule has 78 valence electrons. The van der Waals surface area contributed by atoms with E-state index in [9.17, 15) is 0 Å². The van der Waals surface area contributed by atoms with Gasteiger partial charge in [0.1, 0.15) is 0 Å². The van der Waals surface area contributed by atoms with Gasteiger partial charge in [0.25, 0.3) is 0 Å². The van der Waals surface area contributed by atoms with Gasteiger partial charge in [0.15, 0.2) is 0 Å². The molecule has 1 heterocycles. The van der Waals surface area contributed by atoms with Crippen molar-refractivity contribution >= 4 is 24.0 Å². The first kappa shape index (κ1) is 10.8. The Morgan fingerprint density at radius 2 is 1.93 bits per heavy atom. The lowest BCUT2D eigenvalue weighted by atomic mass is 10.1. The fourth-order valence-corrected chi connectivity index (χ4v) is 2.67. The highest BCUT2D eigenvalue weighted by molar-refractivity contribution is 7.80. The van der Waals surface area contributed by atoms with Crippen LogP contribution < -0.4 is 0 Å². The number of thiophene rings is 1. The van der Waals surface area contributed by atoms with Crippen molar-refractivity contribution in [3.63, 3.8) is 0 Å². The van der Waals surface area contributed by atoms with Gasteiger partial charge < -0.3 is 0 Å². The fourth-order valence-electron chi connectivity index (χ4n) is 1.61. The molecular weight excluding hydrogens is 220 g/mol. The van der Waals surface area contributed by atoms with Gasteiger partial charge >= 0.3 is 0 Å². The van der Waals surface area contributed by atoms with Crippen LogP contribution in [0.5, 0.6) is 0 Å². The van der Waals surface area contributed by atoms with Crippen molar-refractivity contribution in [2.45, 2.75) is 25.2 Å². The van der Waals surface area contributed by atoms with E-state index in [4.69, 9.17) is 0 Å². The molecule has 0 amide bonds. The number of hydrogen-bond donors (Lipinski definition) is 1. The Morgan fingerprint density at radius 1 is 1.13 bits per heavy atom. The number of benzene rings is 1. The number of hydrogen-bond acceptors (Lipinski definition) is 2. The van der Waals surface area contributed by atoms with Crippen LogP contribution in [0, 0.1) is 13.8 Å². The molecule has 0 fully saturated rings. The minimum atomic E-state index is 1.04. The molecule has 0 spiro atoms. The van der Waals surface area contributed by atoms with E-state index in [1.54, 1.807) is 0 Å². The average Bonchev–Trinajstić information content (AvgIpc) is 2.58. The van der Waals surface area contributed by atoms with E-state index in [1.807, 2.05) is 11.3 Å². The van der Waals surface area contributed by atoms with Crippen LogP contribution in [-0.2, 0) is 6.42 Å². The van der Waals surface area contributed by atoms with Gasteiger partial charge in [0.2, 0.25) is 0 Å². The first-order chi connectivity index (χ1) is 7.15. The lowest BCUT2D eigenvalue weighted by Crippen LogP contribution is -1.86. The lowest BCUT2D eigenvalue weighted by molar-refractivity contribution is 1.19. The lowest BCUT2D eigenvalue weighted by Gasteiger charge is -2.03. The quantitative estimate of drug-likeness (QED) is 0.738. The smallest absolute Gasteiger partial charge is 0.00918 e. The molecule has 0 aliphatic heterocycles. The Hall–Kier alpha value is -0.730. The normalized spacial score (nSPS) is 10.6. The molecule has 0 saturated heterocycles. The highest BCUT2D eigenvalue weighted by Gasteiger charge is 2.00. The highest BCUT2D eigenvalue weighted by atomic mass is 32.1. The molecule has 2 heteroatoms. The Morgan fingerprint density at radius 3 is 2.53 bits per heavy atom. The summed E-state index contributed by atoms with van der Waals surface area (Å²) in [6.45, 7) is 4.25. The van der Waals surface area contributed by atoms with Gasteiger partial charge in [-0.3, -0.25) is 0 Å². The molecular formula is C13H14S2. The molecule has 0 N–H and O–H groups in total. The first-order valence-electron chi connectivity index (χ1n) is 4.99. The summed E-state index contributed by atoms with van der Waals surface area (Å²) in [5.74, 6) is 0. The van der Waals surface area contributed by atoms with Crippen LogP contribution in [0.25, 0.3) is 0 Å². The summed E-state index contributed by atoms with van der Waals surface area (Å²) in [5.41, 5.74) is 2.62. The van der Waals surface area contributed by atoms with E-state index >= 15 is 0 Å². The third kappa shape index (κ3) is 2.64. The van der Waals surface area contributed by atoms with Crippen molar-refractivity contribution in [2.75, 3.05) is 0 Å². The maximum atomic E-state index is 4.38. The molecule has 2 aromatic rings. The zero-order valence-corrected chi connectivity index (χ0v) is 10.7. The van der Waals surface area contributed by atoms with Gasteiger partial charge in [-0.25, -0.2) is 0 Å². The third-order valence-corrected chi connectivity index (χ3v) is 3.94. The molecule has 1 aromatic heterocycles. The predicted octanol–water partition coefficient (Wildman–Crippen LogP) is 4.24. The summed E-state index contributed by atoms with van der Waals surface area (Å²) in [5, 5.41) is 0. The van der Waals surface area contributed by atoms with Crippen molar-refractivity contribution in [3.05, 3.63) is 51.2 Å². The van der Waals surface area contributed by atoms with E-state index in [2.05, 4.69) is 56.8 Å². The molecule has 0 radical (unpaired) electrons. The van der Waals surface area contributed by atoms with E-state index in [1.165, 1.54) is 20.9 Å². The van der Waals surface area contributed by atoms with Crippen molar-refractivity contribution in [2.24, 2.45) is 0 Å². The minimum Gasteiger partial charge on any atom is -0.145 e. The molecule has 0 unspecified atom stereocenters. The molecule has 0 nitrogen and oxygen atoms in total. The SMILES string of the molecule is Cc1ccc(Cc2ccc(S)c(C)c2)s1. The molecule has 0 bridgehead atoms. The van der Waals surface area contributed by atoms with E-state index in [0.717, 1.165) is 11.3 Å². The maximum absolute atomic E-state index is 4.38. The van der Waals surface area contributed by atoms with Crippen molar-refractivity contribution in [3.8, 4) is 0 Å². The van der Waals surface area contributed by atoms with Crippen LogP contribution in [0.2, 0.25) is 0 Å². The Labute approximate surface area is 100 Å². The van der Waals surface area contributed by atoms with Gasteiger partial charge in [-0.15, -0.1) is 24.0 Å². The van der Waals surface area contributed by atoms with Crippen LogP contribution in [-0.4, -0.2) is 0 Å².